The lowest BCUT2D eigenvalue weighted by Gasteiger charge is -1.96. The first-order chi connectivity index (χ1) is 6.15. The van der Waals surface area contributed by atoms with Gasteiger partial charge in [0, 0.05) is 12.3 Å². The Labute approximate surface area is 79.4 Å². The van der Waals surface area contributed by atoms with Gasteiger partial charge in [-0.3, -0.25) is 0 Å². The Morgan fingerprint density at radius 2 is 2.15 bits per heavy atom. The van der Waals surface area contributed by atoms with Gasteiger partial charge >= 0.3 is 5.97 Å². The van der Waals surface area contributed by atoms with E-state index in [2.05, 4.69) is 9.97 Å². The van der Waals surface area contributed by atoms with Gasteiger partial charge in [0.25, 0.3) is 0 Å². The maximum absolute atomic E-state index is 10.6. The first kappa shape index (κ1) is 9.94. The van der Waals surface area contributed by atoms with Crippen molar-refractivity contribution in [1.29, 1.82) is 0 Å². The minimum absolute atomic E-state index is 0.0326. The summed E-state index contributed by atoms with van der Waals surface area (Å²) in [5, 5.41) is 17.3. The Bertz CT molecular complexity index is 355. The number of carboxylic acid groups (broad SMARTS) is 1. The van der Waals surface area contributed by atoms with Crippen LogP contribution in [0.5, 0.6) is 0 Å². The monoisotopic (exact) mass is 202 g/mol. The van der Waals surface area contributed by atoms with Gasteiger partial charge in [-0.15, -0.1) is 0 Å². The summed E-state index contributed by atoms with van der Waals surface area (Å²) in [6, 6.07) is 0. The van der Waals surface area contributed by atoms with Crippen molar-refractivity contribution in [3.8, 4) is 0 Å². The third-order valence-electron chi connectivity index (χ3n) is 1.60. The molecule has 1 aromatic heterocycles. The Morgan fingerprint density at radius 1 is 1.46 bits per heavy atom. The van der Waals surface area contributed by atoms with Gasteiger partial charge in [-0.05, 0) is 25.1 Å². The van der Waals surface area contributed by atoms with Crippen molar-refractivity contribution in [1.82, 2.24) is 9.97 Å². The smallest absolute Gasteiger partial charge is 0.354 e. The van der Waals surface area contributed by atoms with Crippen molar-refractivity contribution >= 4 is 18.2 Å². The lowest BCUT2D eigenvalue weighted by molar-refractivity contribution is 0.0689. The number of aromatic amines is 2. The van der Waals surface area contributed by atoms with E-state index in [9.17, 15) is 4.79 Å². The molecule has 0 aliphatic rings. The average Bonchev–Trinajstić information content (AvgIpc) is 2.43. The molecule has 0 radical (unpaired) electrons. The number of carboxylic acids is 1. The fourth-order valence-corrected chi connectivity index (χ4v) is 1.27. The molecule has 1 aromatic rings. The zero-order chi connectivity index (χ0) is 9.84. The van der Waals surface area contributed by atoms with Gasteiger partial charge in [0.05, 0.1) is 0 Å². The molecule has 0 bridgehead atoms. The predicted molar refractivity (Wildman–Crippen MR) is 48.3 cm³/mol. The van der Waals surface area contributed by atoms with Crippen LogP contribution in [0.4, 0.5) is 0 Å². The number of rotatable bonds is 4. The highest BCUT2D eigenvalue weighted by Gasteiger charge is 2.11. The van der Waals surface area contributed by atoms with Crippen LogP contribution in [-0.4, -0.2) is 32.8 Å². The summed E-state index contributed by atoms with van der Waals surface area (Å²) in [6.45, 7) is 0.0326. The van der Waals surface area contributed by atoms with Crippen LogP contribution in [0, 0.1) is 4.77 Å². The summed E-state index contributed by atoms with van der Waals surface area (Å²) in [5.74, 6) is -1.04. The van der Waals surface area contributed by atoms with E-state index in [4.69, 9.17) is 22.4 Å². The zero-order valence-electron chi connectivity index (χ0n) is 6.83. The summed E-state index contributed by atoms with van der Waals surface area (Å²) < 4.78 is 0.297. The van der Waals surface area contributed by atoms with Crippen LogP contribution in [-0.2, 0) is 6.42 Å². The number of H-pyrrole nitrogens is 2. The van der Waals surface area contributed by atoms with E-state index >= 15 is 0 Å². The normalized spacial score (nSPS) is 10.2. The van der Waals surface area contributed by atoms with Gasteiger partial charge in [0.2, 0.25) is 0 Å². The molecule has 0 fully saturated rings. The van der Waals surface area contributed by atoms with Crippen LogP contribution < -0.4 is 0 Å². The highest BCUT2D eigenvalue weighted by Crippen LogP contribution is 2.06. The van der Waals surface area contributed by atoms with E-state index in [1.807, 2.05) is 0 Å². The minimum atomic E-state index is -1.04. The molecule has 0 amide bonds. The molecular formula is C7H10N2O3S. The number of aromatic carboxylic acids is 1. The van der Waals surface area contributed by atoms with Crippen LogP contribution in [0.3, 0.4) is 0 Å². The third kappa shape index (κ3) is 2.40. The molecule has 1 rings (SSSR count). The van der Waals surface area contributed by atoms with Gasteiger partial charge in [-0.1, -0.05) is 0 Å². The lowest BCUT2D eigenvalue weighted by Crippen LogP contribution is -2.02. The molecule has 6 heteroatoms. The number of aliphatic hydroxyl groups excluding tert-OH is 1. The number of hydrogen-bond donors (Lipinski definition) is 4. The highest BCUT2D eigenvalue weighted by atomic mass is 32.1. The van der Waals surface area contributed by atoms with Gasteiger partial charge in [0.1, 0.15) is 5.69 Å². The Morgan fingerprint density at radius 3 is 2.69 bits per heavy atom. The molecule has 0 unspecified atom stereocenters. The molecule has 0 aromatic carbocycles. The third-order valence-corrected chi connectivity index (χ3v) is 1.81. The number of aromatic nitrogens is 2. The van der Waals surface area contributed by atoms with E-state index < -0.39 is 5.97 Å². The van der Waals surface area contributed by atoms with E-state index in [1.54, 1.807) is 0 Å². The van der Waals surface area contributed by atoms with Crippen molar-refractivity contribution < 1.29 is 15.0 Å². The molecule has 0 saturated carbocycles. The molecule has 0 saturated heterocycles. The molecule has 1 heterocycles. The van der Waals surface area contributed by atoms with Gasteiger partial charge < -0.3 is 20.2 Å². The Balaban J connectivity index is 2.91. The molecule has 0 spiro atoms. The zero-order valence-corrected chi connectivity index (χ0v) is 7.65. The summed E-state index contributed by atoms with van der Waals surface area (Å²) in [4.78, 5) is 15.9. The second-order valence-corrected chi connectivity index (χ2v) is 2.97. The number of aliphatic hydroxyl groups is 1. The lowest BCUT2D eigenvalue weighted by atomic mass is 10.2. The van der Waals surface area contributed by atoms with Crippen LogP contribution in [0.2, 0.25) is 0 Å². The first-order valence-electron chi connectivity index (χ1n) is 3.80. The molecule has 72 valence electrons. The van der Waals surface area contributed by atoms with Crippen LogP contribution in [0.1, 0.15) is 22.6 Å². The minimum Gasteiger partial charge on any atom is -0.477 e. The molecule has 5 nitrogen and oxygen atoms in total. The number of aryl methyl sites for hydroxylation is 1. The van der Waals surface area contributed by atoms with E-state index in [-0.39, 0.29) is 12.3 Å². The number of hydrogen-bond acceptors (Lipinski definition) is 3. The number of nitrogens with one attached hydrogen (secondary N) is 2. The van der Waals surface area contributed by atoms with E-state index in [0.29, 0.717) is 23.3 Å². The molecule has 0 aliphatic carbocycles. The molecule has 13 heavy (non-hydrogen) atoms. The second kappa shape index (κ2) is 4.20. The maximum Gasteiger partial charge on any atom is 0.354 e. The summed E-state index contributed by atoms with van der Waals surface area (Å²) in [5.41, 5.74) is 0.616. The second-order valence-electron chi connectivity index (χ2n) is 2.56. The number of imidazole rings is 1. The number of carbonyl (C=O) groups is 1. The molecule has 0 aliphatic heterocycles. The summed E-state index contributed by atoms with van der Waals surface area (Å²) >= 11 is 4.75. The van der Waals surface area contributed by atoms with Gasteiger partial charge in [-0.25, -0.2) is 4.79 Å². The van der Waals surface area contributed by atoms with Crippen molar-refractivity contribution in [3.05, 3.63) is 16.2 Å². The summed E-state index contributed by atoms with van der Waals surface area (Å²) in [6.07, 6.45) is 0.995. The van der Waals surface area contributed by atoms with Gasteiger partial charge in [0.15, 0.2) is 4.77 Å². The van der Waals surface area contributed by atoms with Gasteiger partial charge in [-0.2, -0.15) is 0 Å². The van der Waals surface area contributed by atoms with E-state index in [1.165, 1.54) is 0 Å². The molecule has 4 N–H and O–H groups in total. The fraction of sp³-hybridized carbons (Fsp3) is 0.429. The topological polar surface area (TPSA) is 89.1 Å². The Hall–Kier alpha value is -1.14. The average molecular weight is 202 g/mol. The predicted octanol–water partition coefficient (Wildman–Crippen LogP) is 0.695. The van der Waals surface area contributed by atoms with Crippen molar-refractivity contribution in [2.45, 2.75) is 12.8 Å². The van der Waals surface area contributed by atoms with Crippen LogP contribution in [0.25, 0.3) is 0 Å². The first-order valence-corrected chi connectivity index (χ1v) is 4.21. The summed E-state index contributed by atoms with van der Waals surface area (Å²) in [7, 11) is 0. The van der Waals surface area contributed by atoms with Crippen molar-refractivity contribution in [3.63, 3.8) is 0 Å². The largest absolute Gasteiger partial charge is 0.477 e. The molecular weight excluding hydrogens is 192 g/mol. The molecule has 0 atom stereocenters. The van der Waals surface area contributed by atoms with E-state index in [0.717, 1.165) is 0 Å². The highest BCUT2D eigenvalue weighted by molar-refractivity contribution is 7.71. The van der Waals surface area contributed by atoms with Crippen LogP contribution in [0.15, 0.2) is 0 Å². The quantitative estimate of drug-likeness (QED) is 0.541. The SMILES string of the molecule is O=C(O)c1[nH]c(=S)[nH]c1CCCO. The van der Waals surface area contributed by atoms with Crippen molar-refractivity contribution in [2.24, 2.45) is 0 Å². The standard InChI is InChI=1S/C7H10N2O3S/c10-3-1-2-4-5(6(11)12)9-7(13)8-4/h10H,1-3H2,(H,11,12)(H2,8,9,13). The van der Waals surface area contributed by atoms with Crippen molar-refractivity contribution in [2.75, 3.05) is 6.61 Å². The Kier molecular flexibility index (Phi) is 3.21. The fourth-order valence-electron chi connectivity index (χ4n) is 1.05. The maximum atomic E-state index is 10.6. The van der Waals surface area contributed by atoms with Crippen LogP contribution >= 0.6 is 12.2 Å².